The minimum Gasteiger partial charge on any atom is -0.310 e. The molecular weight excluding hydrogens is 515 g/mol. The van der Waals surface area contributed by atoms with E-state index in [4.69, 9.17) is 0 Å². The van der Waals surface area contributed by atoms with Crippen LogP contribution in [0.4, 0.5) is 13.2 Å². The molecule has 0 aromatic carbocycles. The van der Waals surface area contributed by atoms with E-state index in [1.54, 1.807) is 33.4 Å². The molecule has 11 heteroatoms. The zero-order valence-corrected chi connectivity index (χ0v) is 19.8. The van der Waals surface area contributed by atoms with Crippen LogP contribution in [0.3, 0.4) is 0 Å². The standard InChI is InChI=1S/C23H23BrF3N5O2/c24-18-9-14(11-29-21(18)23(25,26)27)10-28-16-5-7-30(8-6-16)12-17-13-31-19(33)3-1-15-2-4-20(34)32(17)22(15)31/h1-4,9,11,16-17,28H,5-8,10,12-13H2/t17-/m1/s1. The van der Waals surface area contributed by atoms with E-state index >= 15 is 0 Å². The summed E-state index contributed by atoms with van der Waals surface area (Å²) in [5.41, 5.74) is 0.265. The van der Waals surface area contributed by atoms with Crippen molar-refractivity contribution in [3.8, 4) is 0 Å². The number of alkyl halides is 3. The van der Waals surface area contributed by atoms with Crippen molar-refractivity contribution in [2.75, 3.05) is 19.6 Å². The lowest BCUT2D eigenvalue weighted by Gasteiger charge is -2.34. The lowest BCUT2D eigenvalue weighted by molar-refractivity contribution is -0.141. The third-order valence-corrected chi connectivity index (χ3v) is 7.24. The van der Waals surface area contributed by atoms with E-state index in [0.29, 0.717) is 30.8 Å². The van der Waals surface area contributed by atoms with Crippen molar-refractivity contribution < 1.29 is 13.2 Å². The fourth-order valence-electron chi connectivity index (χ4n) is 4.95. The van der Waals surface area contributed by atoms with Crippen LogP contribution in [0.25, 0.3) is 11.0 Å². The Kier molecular flexibility index (Phi) is 6.11. The highest BCUT2D eigenvalue weighted by Crippen LogP contribution is 2.33. The molecular formula is C23H23BrF3N5O2. The molecule has 34 heavy (non-hydrogen) atoms. The van der Waals surface area contributed by atoms with E-state index in [0.717, 1.165) is 31.3 Å². The molecule has 1 fully saturated rings. The van der Waals surface area contributed by atoms with Gasteiger partial charge >= 0.3 is 6.18 Å². The Labute approximate surface area is 201 Å². The molecule has 3 aromatic rings. The number of pyridine rings is 3. The van der Waals surface area contributed by atoms with Gasteiger partial charge in [-0.1, -0.05) is 0 Å². The minimum atomic E-state index is -4.48. The van der Waals surface area contributed by atoms with Gasteiger partial charge in [0.15, 0.2) is 5.69 Å². The number of hydrogen-bond acceptors (Lipinski definition) is 5. The van der Waals surface area contributed by atoms with Gasteiger partial charge in [0, 0.05) is 53.9 Å². The topological polar surface area (TPSA) is 72.2 Å². The predicted octanol–water partition coefficient (Wildman–Crippen LogP) is 3.15. The van der Waals surface area contributed by atoms with Crippen molar-refractivity contribution in [1.29, 1.82) is 0 Å². The molecule has 5 rings (SSSR count). The van der Waals surface area contributed by atoms with Gasteiger partial charge in [-0.3, -0.25) is 23.7 Å². The van der Waals surface area contributed by atoms with E-state index in [2.05, 4.69) is 31.1 Å². The largest absolute Gasteiger partial charge is 0.434 e. The molecule has 2 aliphatic heterocycles. The summed E-state index contributed by atoms with van der Waals surface area (Å²) in [4.78, 5) is 30.8. The number of aromatic nitrogens is 3. The van der Waals surface area contributed by atoms with E-state index in [1.807, 2.05) is 0 Å². The van der Waals surface area contributed by atoms with Crippen molar-refractivity contribution in [2.45, 2.75) is 44.2 Å². The highest BCUT2D eigenvalue weighted by atomic mass is 79.9. The van der Waals surface area contributed by atoms with Crippen molar-refractivity contribution in [1.82, 2.24) is 24.3 Å². The number of likely N-dealkylation sites (tertiary alicyclic amines) is 1. The van der Waals surface area contributed by atoms with Crippen LogP contribution in [0.1, 0.15) is 30.1 Å². The van der Waals surface area contributed by atoms with Gasteiger partial charge in [-0.2, -0.15) is 13.2 Å². The van der Waals surface area contributed by atoms with E-state index in [1.165, 1.54) is 12.3 Å². The third kappa shape index (κ3) is 4.44. The summed E-state index contributed by atoms with van der Waals surface area (Å²) in [7, 11) is 0. The van der Waals surface area contributed by atoms with E-state index in [-0.39, 0.29) is 27.7 Å². The van der Waals surface area contributed by atoms with E-state index in [9.17, 15) is 22.8 Å². The Morgan fingerprint density at radius 3 is 2.47 bits per heavy atom. The van der Waals surface area contributed by atoms with Crippen molar-refractivity contribution in [3.63, 3.8) is 0 Å². The van der Waals surface area contributed by atoms with Crippen LogP contribution < -0.4 is 16.4 Å². The normalized spacial score (nSPS) is 19.2. The Morgan fingerprint density at radius 1 is 1.09 bits per heavy atom. The van der Waals surface area contributed by atoms with Gasteiger partial charge in [0.2, 0.25) is 0 Å². The maximum Gasteiger partial charge on any atom is 0.434 e. The second kappa shape index (κ2) is 8.94. The number of piperidine rings is 1. The second-order valence-electron chi connectivity index (χ2n) is 8.88. The fourth-order valence-corrected chi connectivity index (χ4v) is 5.58. The zero-order chi connectivity index (χ0) is 24.0. The Morgan fingerprint density at radius 2 is 1.79 bits per heavy atom. The Bertz CT molecular complexity index is 1340. The van der Waals surface area contributed by atoms with Crippen LogP contribution in [0.15, 0.2) is 50.6 Å². The molecule has 0 aliphatic carbocycles. The Hall–Kier alpha value is -2.50. The molecule has 1 atom stereocenters. The van der Waals surface area contributed by atoms with Crippen LogP contribution >= 0.6 is 15.9 Å². The van der Waals surface area contributed by atoms with Crippen LogP contribution in [0.2, 0.25) is 0 Å². The summed E-state index contributed by atoms with van der Waals surface area (Å²) in [6, 6.07) is 8.22. The molecule has 0 spiro atoms. The van der Waals surface area contributed by atoms with Crippen LogP contribution in [0.5, 0.6) is 0 Å². The first-order valence-corrected chi connectivity index (χ1v) is 11.9. The maximum absolute atomic E-state index is 12.9. The first-order chi connectivity index (χ1) is 16.2. The smallest absolute Gasteiger partial charge is 0.310 e. The molecule has 3 aromatic heterocycles. The average Bonchev–Trinajstić information content (AvgIpc) is 3.18. The van der Waals surface area contributed by atoms with Gasteiger partial charge < -0.3 is 10.2 Å². The van der Waals surface area contributed by atoms with Gasteiger partial charge in [0.25, 0.3) is 11.1 Å². The van der Waals surface area contributed by atoms with Crippen molar-refractivity contribution in [3.05, 3.63) is 73.0 Å². The van der Waals surface area contributed by atoms with Gasteiger partial charge in [0.05, 0.1) is 6.04 Å². The summed E-state index contributed by atoms with van der Waals surface area (Å²) in [5.74, 6) is 0. The Balaban J connectivity index is 1.18. The summed E-state index contributed by atoms with van der Waals surface area (Å²) < 4.78 is 42.0. The maximum atomic E-state index is 12.9. The lowest BCUT2D eigenvalue weighted by Crippen LogP contribution is -2.44. The van der Waals surface area contributed by atoms with Crippen LogP contribution in [0, 0.1) is 0 Å². The van der Waals surface area contributed by atoms with Crippen molar-refractivity contribution >= 4 is 27.0 Å². The number of rotatable bonds is 5. The van der Waals surface area contributed by atoms with Crippen molar-refractivity contribution in [2.24, 2.45) is 0 Å². The second-order valence-corrected chi connectivity index (χ2v) is 9.74. The highest BCUT2D eigenvalue weighted by molar-refractivity contribution is 9.10. The number of nitrogens with zero attached hydrogens (tertiary/aromatic N) is 4. The van der Waals surface area contributed by atoms with Gasteiger partial charge in [-0.15, -0.1) is 0 Å². The quantitative estimate of drug-likeness (QED) is 0.541. The summed E-state index contributed by atoms with van der Waals surface area (Å²) >= 11 is 2.97. The molecule has 0 bridgehead atoms. The first kappa shape index (κ1) is 23.3. The highest BCUT2D eigenvalue weighted by Gasteiger charge is 2.35. The molecule has 180 valence electrons. The fraction of sp³-hybridized carbons (Fsp3) is 0.435. The number of hydrogen-bond donors (Lipinski definition) is 1. The van der Waals surface area contributed by atoms with Crippen LogP contribution in [-0.4, -0.2) is 44.7 Å². The summed E-state index contributed by atoms with van der Waals surface area (Å²) in [5, 5.41) is 4.30. The van der Waals surface area contributed by atoms with Gasteiger partial charge in [-0.25, -0.2) is 0 Å². The molecule has 1 saturated heterocycles. The molecule has 0 amide bonds. The van der Waals surface area contributed by atoms with Gasteiger partial charge in [0.1, 0.15) is 5.65 Å². The molecule has 0 unspecified atom stereocenters. The number of halogens is 4. The average molecular weight is 538 g/mol. The first-order valence-electron chi connectivity index (χ1n) is 11.1. The zero-order valence-electron chi connectivity index (χ0n) is 18.2. The summed E-state index contributed by atoms with van der Waals surface area (Å²) in [6.07, 6.45) is -1.46. The monoisotopic (exact) mass is 537 g/mol. The minimum absolute atomic E-state index is 0.0592. The third-order valence-electron chi connectivity index (χ3n) is 6.63. The van der Waals surface area contributed by atoms with Crippen LogP contribution in [-0.2, 0) is 19.3 Å². The molecule has 5 heterocycles. The summed E-state index contributed by atoms with van der Waals surface area (Å²) in [6.45, 7) is 3.27. The molecule has 7 nitrogen and oxygen atoms in total. The van der Waals surface area contributed by atoms with E-state index < -0.39 is 11.9 Å². The number of nitrogens with one attached hydrogen (secondary N) is 1. The molecule has 0 radical (unpaired) electrons. The molecule has 0 saturated carbocycles. The predicted molar refractivity (Wildman–Crippen MR) is 125 cm³/mol. The molecule has 2 aliphatic rings. The lowest BCUT2D eigenvalue weighted by atomic mass is 10.0. The molecule has 1 N–H and O–H groups in total. The van der Waals surface area contributed by atoms with Gasteiger partial charge in [-0.05, 0) is 65.6 Å². The SMILES string of the molecule is O=c1ccc2ccc(=O)n3c2n1C[C@H]3CN1CCC(NCc2cnc(C(F)(F)F)c(Br)c2)CC1.